The van der Waals surface area contributed by atoms with Crippen molar-refractivity contribution < 1.29 is 32.9 Å². The number of phosphoric acid groups is 1. The van der Waals surface area contributed by atoms with Crippen LogP contribution in [0.25, 0.3) is 0 Å². The molecule has 0 saturated carbocycles. The summed E-state index contributed by atoms with van der Waals surface area (Å²) < 4.78 is 23.0. The number of nitrogens with zero attached hydrogens (tertiary/aromatic N) is 1. The van der Waals surface area contributed by atoms with Gasteiger partial charge in [0.2, 0.25) is 5.91 Å². The molecule has 0 aliphatic heterocycles. The molecule has 0 spiro atoms. The van der Waals surface area contributed by atoms with E-state index in [1.807, 2.05) is 27.2 Å². The molecule has 0 aliphatic carbocycles. The first-order valence-electron chi connectivity index (χ1n) is 22.2. The number of amides is 1. The van der Waals surface area contributed by atoms with Crippen LogP contribution in [0.4, 0.5) is 0 Å². The van der Waals surface area contributed by atoms with Crippen molar-refractivity contribution in [3.8, 4) is 0 Å². The molecule has 314 valence electrons. The standard InChI is InChI=1S/C44H87N2O6P/c1-6-8-10-12-14-15-16-17-18-19-20-21-22-23-24-25-26-27-28-29-30-31-32-33-35-37-43(47)42(45-44(48)38-36-34-13-11-9-7-2)41-52-53(49,50)51-40-39-46(3,4)5/h30-31,35,37,42-43,47H,6-29,32-34,36,38-41H2,1-5H3,(H-,45,48,49,50)/b31-30+,37-35+. The molecule has 0 radical (unpaired) electrons. The summed E-state index contributed by atoms with van der Waals surface area (Å²) in [6.45, 7) is 4.56. The van der Waals surface area contributed by atoms with Crippen LogP contribution in [0, 0.1) is 0 Å². The van der Waals surface area contributed by atoms with Crippen molar-refractivity contribution in [3.63, 3.8) is 0 Å². The predicted molar refractivity (Wildman–Crippen MR) is 224 cm³/mol. The Morgan fingerprint density at radius 1 is 0.642 bits per heavy atom. The zero-order valence-electron chi connectivity index (χ0n) is 35.5. The zero-order valence-corrected chi connectivity index (χ0v) is 36.4. The largest absolute Gasteiger partial charge is 0.756 e. The molecule has 2 N–H and O–H groups in total. The average Bonchev–Trinajstić information content (AvgIpc) is 3.10. The molecular formula is C44H87N2O6P. The zero-order chi connectivity index (χ0) is 39.3. The Kier molecular flexibility index (Phi) is 35.9. The highest BCUT2D eigenvalue weighted by molar-refractivity contribution is 7.45. The second kappa shape index (κ2) is 36.6. The van der Waals surface area contributed by atoms with Crippen molar-refractivity contribution in [3.05, 3.63) is 24.3 Å². The van der Waals surface area contributed by atoms with Gasteiger partial charge in [-0.2, -0.15) is 0 Å². The Hall–Kier alpha value is -1.02. The monoisotopic (exact) mass is 771 g/mol. The van der Waals surface area contributed by atoms with Crippen molar-refractivity contribution >= 4 is 13.7 Å². The van der Waals surface area contributed by atoms with E-state index in [2.05, 4.69) is 31.3 Å². The molecule has 0 bridgehead atoms. The highest BCUT2D eigenvalue weighted by Gasteiger charge is 2.23. The number of carbonyl (C=O) groups excluding carboxylic acids is 1. The molecule has 53 heavy (non-hydrogen) atoms. The van der Waals surface area contributed by atoms with Gasteiger partial charge in [0.1, 0.15) is 13.2 Å². The number of aliphatic hydroxyl groups is 1. The van der Waals surface area contributed by atoms with Crippen molar-refractivity contribution in [1.29, 1.82) is 0 Å². The third-order valence-electron chi connectivity index (χ3n) is 9.91. The predicted octanol–water partition coefficient (Wildman–Crippen LogP) is 11.5. The van der Waals surface area contributed by atoms with Crippen molar-refractivity contribution in [2.24, 2.45) is 0 Å². The number of phosphoric ester groups is 1. The molecule has 1 amide bonds. The second-order valence-corrected chi connectivity index (χ2v) is 17.8. The maximum Gasteiger partial charge on any atom is 0.268 e. The van der Waals surface area contributed by atoms with Gasteiger partial charge in [0.25, 0.3) is 7.82 Å². The van der Waals surface area contributed by atoms with Gasteiger partial charge in [0.05, 0.1) is 39.9 Å². The lowest BCUT2D eigenvalue weighted by molar-refractivity contribution is -0.870. The van der Waals surface area contributed by atoms with Crippen LogP contribution in [0.1, 0.15) is 200 Å². The van der Waals surface area contributed by atoms with Gasteiger partial charge in [-0.05, 0) is 32.1 Å². The Labute approximate surface area is 328 Å². The van der Waals surface area contributed by atoms with Crippen LogP contribution >= 0.6 is 7.82 Å². The first-order chi connectivity index (χ1) is 25.5. The lowest BCUT2D eigenvalue weighted by atomic mass is 10.0. The van der Waals surface area contributed by atoms with Gasteiger partial charge in [-0.25, -0.2) is 0 Å². The number of allylic oxidation sites excluding steroid dienone is 3. The van der Waals surface area contributed by atoms with E-state index in [1.165, 1.54) is 141 Å². The lowest BCUT2D eigenvalue weighted by Crippen LogP contribution is -2.45. The van der Waals surface area contributed by atoms with Crippen molar-refractivity contribution in [1.82, 2.24) is 5.32 Å². The van der Waals surface area contributed by atoms with Gasteiger partial charge in [-0.1, -0.05) is 186 Å². The summed E-state index contributed by atoms with van der Waals surface area (Å²) in [7, 11) is 1.24. The van der Waals surface area contributed by atoms with Crippen molar-refractivity contribution in [2.75, 3.05) is 40.9 Å². The van der Waals surface area contributed by atoms with E-state index in [0.29, 0.717) is 17.4 Å². The minimum Gasteiger partial charge on any atom is -0.756 e. The number of hydrogen-bond donors (Lipinski definition) is 2. The first kappa shape index (κ1) is 52.0. The SMILES string of the molecule is CCCCCCCCCCCCCCCCCCCCC/C=C/CC/C=C/C(O)C(COP(=O)([O-])OCC[N+](C)(C)C)NC(=O)CCCCCCCC. The molecule has 3 unspecified atom stereocenters. The van der Waals surface area contributed by atoms with Gasteiger partial charge < -0.3 is 28.8 Å². The van der Waals surface area contributed by atoms with E-state index in [1.54, 1.807) is 6.08 Å². The van der Waals surface area contributed by atoms with Gasteiger partial charge >= 0.3 is 0 Å². The lowest BCUT2D eigenvalue weighted by Gasteiger charge is -2.29. The number of nitrogens with one attached hydrogen (secondary N) is 1. The molecule has 0 aromatic rings. The molecule has 3 atom stereocenters. The van der Waals surface area contributed by atoms with Crippen molar-refractivity contribution in [2.45, 2.75) is 212 Å². The maximum absolute atomic E-state index is 12.7. The normalized spacial score (nSPS) is 14.6. The first-order valence-corrected chi connectivity index (χ1v) is 23.7. The number of aliphatic hydroxyl groups excluding tert-OH is 1. The summed E-state index contributed by atoms with van der Waals surface area (Å²) in [5.74, 6) is -0.217. The molecule has 0 aromatic carbocycles. The fourth-order valence-corrected chi connectivity index (χ4v) is 7.07. The number of unbranched alkanes of at least 4 members (excludes halogenated alkanes) is 25. The smallest absolute Gasteiger partial charge is 0.268 e. The van der Waals surface area contributed by atoms with Crippen LogP contribution in [0.3, 0.4) is 0 Å². The third-order valence-corrected chi connectivity index (χ3v) is 10.9. The van der Waals surface area contributed by atoms with E-state index in [0.717, 1.165) is 38.5 Å². The molecule has 0 saturated heterocycles. The van der Waals surface area contributed by atoms with E-state index in [-0.39, 0.29) is 12.5 Å². The van der Waals surface area contributed by atoms with E-state index < -0.39 is 26.6 Å². The molecule has 9 heteroatoms. The topological polar surface area (TPSA) is 108 Å². The summed E-state index contributed by atoms with van der Waals surface area (Å²) in [6.07, 6.45) is 42.8. The highest BCUT2D eigenvalue weighted by atomic mass is 31.2. The van der Waals surface area contributed by atoms with Gasteiger partial charge in [-0.3, -0.25) is 9.36 Å². The van der Waals surface area contributed by atoms with Crippen LogP contribution in [0.15, 0.2) is 24.3 Å². The Bertz CT molecular complexity index is 922. The quantitative estimate of drug-likeness (QED) is 0.0278. The van der Waals surface area contributed by atoms with Gasteiger partial charge in [0.15, 0.2) is 0 Å². The summed E-state index contributed by atoms with van der Waals surface area (Å²) in [5, 5.41) is 13.6. The summed E-state index contributed by atoms with van der Waals surface area (Å²) in [4.78, 5) is 25.0. The molecule has 0 rings (SSSR count). The van der Waals surface area contributed by atoms with Crippen LogP contribution in [-0.2, 0) is 18.4 Å². The fraction of sp³-hybridized carbons (Fsp3) is 0.886. The molecule has 0 aliphatic rings. The number of quaternary nitrogens is 1. The minimum atomic E-state index is -4.58. The number of rotatable bonds is 40. The average molecular weight is 771 g/mol. The Morgan fingerprint density at radius 3 is 1.53 bits per heavy atom. The van der Waals surface area contributed by atoms with E-state index >= 15 is 0 Å². The number of hydrogen-bond acceptors (Lipinski definition) is 6. The summed E-state index contributed by atoms with van der Waals surface area (Å²) in [5.41, 5.74) is 0. The summed E-state index contributed by atoms with van der Waals surface area (Å²) >= 11 is 0. The maximum atomic E-state index is 12.7. The third kappa shape index (κ3) is 39.0. The molecule has 0 fully saturated rings. The fourth-order valence-electron chi connectivity index (χ4n) is 6.34. The minimum absolute atomic E-state index is 0.00509. The Morgan fingerprint density at radius 2 is 1.06 bits per heavy atom. The van der Waals surface area contributed by atoms with Gasteiger partial charge in [-0.15, -0.1) is 0 Å². The molecule has 8 nitrogen and oxygen atoms in total. The van der Waals surface area contributed by atoms with Crippen LogP contribution < -0.4 is 10.2 Å². The molecule has 0 aromatic heterocycles. The Balaban J connectivity index is 4.17. The highest BCUT2D eigenvalue weighted by Crippen LogP contribution is 2.38. The molecular weight excluding hydrogens is 683 g/mol. The summed E-state index contributed by atoms with van der Waals surface area (Å²) in [6, 6.07) is -0.895. The van der Waals surface area contributed by atoms with Crippen LogP contribution in [0.2, 0.25) is 0 Å². The molecule has 0 heterocycles. The van der Waals surface area contributed by atoms with E-state index in [4.69, 9.17) is 9.05 Å². The van der Waals surface area contributed by atoms with Crippen LogP contribution in [-0.4, -0.2) is 68.5 Å². The van der Waals surface area contributed by atoms with Crippen LogP contribution in [0.5, 0.6) is 0 Å². The number of likely N-dealkylation sites (N-methyl/N-ethyl adjacent to an activating group) is 1. The van der Waals surface area contributed by atoms with E-state index in [9.17, 15) is 19.4 Å². The van der Waals surface area contributed by atoms with Gasteiger partial charge in [0, 0.05) is 6.42 Å². The number of carbonyl (C=O) groups is 1. The second-order valence-electron chi connectivity index (χ2n) is 16.4.